The van der Waals surface area contributed by atoms with E-state index in [4.69, 9.17) is 4.74 Å². The summed E-state index contributed by atoms with van der Waals surface area (Å²) >= 11 is 0. The van der Waals surface area contributed by atoms with Crippen molar-refractivity contribution in [1.82, 2.24) is 0 Å². The van der Waals surface area contributed by atoms with Crippen LogP contribution in [0.1, 0.15) is 11.1 Å². The number of methoxy groups -OCH3 is 1. The molecule has 0 fully saturated rings. The van der Waals surface area contributed by atoms with Gasteiger partial charge in [0.25, 0.3) is 0 Å². The molecule has 3 rings (SSSR count). The molecule has 100 valence electrons. The Morgan fingerprint density at radius 2 is 1.25 bits per heavy atom. The maximum Gasteiger partial charge on any atom is 0.118 e. The standard InChI is InChI=1S/C19H18O/c1-13-11-16(15-7-9-17(20-3)10-8-15)12-14(2)19-6-4-5-18(13)19/h4-12H,1-3H3. The fourth-order valence-corrected chi connectivity index (χ4v) is 2.72. The van der Waals surface area contributed by atoms with Gasteiger partial charge in [-0.15, -0.1) is 0 Å². The van der Waals surface area contributed by atoms with Crippen molar-refractivity contribution in [3.05, 3.63) is 65.7 Å². The van der Waals surface area contributed by atoms with E-state index in [2.05, 4.69) is 56.3 Å². The average Bonchev–Trinajstić information content (AvgIpc) is 2.92. The van der Waals surface area contributed by atoms with Crippen LogP contribution in [0.25, 0.3) is 22.3 Å². The molecule has 0 bridgehead atoms. The van der Waals surface area contributed by atoms with E-state index < -0.39 is 0 Å². The molecule has 0 atom stereocenters. The maximum absolute atomic E-state index is 5.22. The quantitative estimate of drug-likeness (QED) is 0.625. The van der Waals surface area contributed by atoms with Gasteiger partial charge < -0.3 is 4.74 Å². The van der Waals surface area contributed by atoms with Crippen LogP contribution < -0.4 is 4.74 Å². The zero-order chi connectivity index (χ0) is 14.1. The zero-order valence-corrected chi connectivity index (χ0v) is 12.1. The number of fused-ring (bicyclic) bond motifs is 1. The summed E-state index contributed by atoms with van der Waals surface area (Å²) in [6.45, 7) is 4.35. The molecule has 0 amide bonds. The molecule has 2 aliphatic carbocycles. The molecule has 1 nitrogen and oxygen atoms in total. The molecule has 0 saturated carbocycles. The van der Waals surface area contributed by atoms with Crippen LogP contribution in [0.5, 0.6) is 5.75 Å². The molecule has 20 heavy (non-hydrogen) atoms. The first kappa shape index (κ1) is 12.7. The van der Waals surface area contributed by atoms with Crippen molar-refractivity contribution in [1.29, 1.82) is 0 Å². The summed E-state index contributed by atoms with van der Waals surface area (Å²) in [5, 5.41) is 0. The van der Waals surface area contributed by atoms with Crippen LogP contribution in [-0.2, 0) is 0 Å². The fourth-order valence-electron chi connectivity index (χ4n) is 2.72. The number of ether oxygens (including phenoxy) is 1. The Labute approximate surface area is 120 Å². The summed E-state index contributed by atoms with van der Waals surface area (Å²) in [5.41, 5.74) is 7.76. The Morgan fingerprint density at radius 1 is 0.700 bits per heavy atom. The number of aryl methyl sites for hydroxylation is 2. The van der Waals surface area contributed by atoms with Gasteiger partial charge in [0.05, 0.1) is 7.11 Å². The topological polar surface area (TPSA) is 9.23 Å². The smallest absolute Gasteiger partial charge is 0.118 e. The third-order valence-corrected chi connectivity index (χ3v) is 3.83. The first-order valence-corrected chi connectivity index (χ1v) is 6.83. The molecule has 0 heterocycles. The molecule has 0 radical (unpaired) electrons. The summed E-state index contributed by atoms with van der Waals surface area (Å²) in [5.74, 6) is 0.890. The third kappa shape index (κ3) is 2.16. The number of rotatable bonds is 2. The minimum absolute atomic E-state index is 0.890. The van der Waals surface area contributed by atoms with E-state index in [9.17, 15) is 0 Å². The molecule has 0 N–H and O–H groups in total. The van der Waals surface area contributed by atoms with Crippen LogP contribution in [0.3, 0.4) is 0 Å². The lowest BCUT2D eigenvalue weighted by molar-refractivity contribution is 0.415. The van der Waals surface area contributed by atoms with E-state index in [0.29, 0.717) is 0 Å². The molecular weight excluding hydrogens is 244 g/mol. The molecule has 1 aromatic rings. The second-order valence-electron chi connectivity index (χ2n) is 5.19. The first-order valence-electron chi connectivity index (χ1n) is 6.83. The van der Waals surface area contributed by atoms with Crippen LogP contribution >= 0.6 is 0 Å². The lowest BCUT2D eigenvalue weighted by Gasteiger charge is -2.03. The minimum atomic E-state index is 0.890. The van der Waals surface area contributed by atoms with Crippen LogP contribution in [0.2, 0.25) is 0 Å². The minimum Gasteiger partial charge on any atom is -0.497 e. The van der Waals surface area contributed by atoms with Gasteiger partial charge in [-0.3, -0.25) is 0 Å². The number of hydrogen-bond donors (Lipinski definition) is 0. The highest BCUT2D eigenvalue weighted by Gasteiger charge is 2.09. The summed E-state index contributed by atoms with van der Waals surface area (Å²) in [6, 6.07) is 19.3. The van der Waals surface area contributed by atoms with Crippen LogP contribution in [0.4, 0.5) is 0 Å². The summed E-state index contributed by atoms with van der Waals surface area (Å²) in [7, 11) is 1.69. The van der Waals surface area contributed by atoms with Gasteiger partial charge in [0.2, 0.25) is 0 Å². The number of hydrogen-bond acceptors (Lipinski definition) is 1. The molecular formula is C19H18O. The van der Waals surface area contributed by atoms with Gasteiger partial charge in [-0.1, -0.05) is 42.5 Å². The van der Waals surface area contributed by atoms with Crippen molar-refractivity contribution in [3.63, 3.8) is 0 Å². The van der Waals surface area contributed by atoms with Gasteiger partial charge in [0.15, 0.2) is 0 Å². The van der Waals surface area contributed by atoms with Crippen molar-refractivity contribution in [3.8, 4) is 28.0 Å². The second-order valence-corrected chi connectivity index (χ2v) is 5.19. The molecule has 0 spiro atoms. The molecule has 1 aromatic carbocycles. The first-order chi connectivity index (χ1) is 9.69. The van der Waals surface area contributed by atoms with Crippen molar-refractivity contribution in [2.75, 3.05) is 7.11 Å². The van der Waals surface area contributed by atoms with Gasteiger partial charge in [0, 0.05) is 0 Å². The molecule has 2 aliphatic rings. The fraction of sp³-hybridized carbons (Fsp3) is 0.158. The highest BCUT2D eigenvalue weighted by Crippen LogP contribution is 2.33. The Balaban J connectivity index is 2.18. The predicted molar refractivity (Wildman–Crippen MR) is 84.5 cm³/mol. The average molecular weight is 262 g/mol. The van der Waals surface area contributed by atoms with Crippen LogP contribution in [0, 0.1) is 13.8 Å². The highest BCUT2D eigenvalue weighted by atomic mass is 16.5. The second kappa shape index (κ2) is 5.01. The van der Waals surface area contributed by atoms with Crippen LogP contribution in [0.15, 0.2) is 54.6 Å². The highest BCUT2D eigenvalue weighted by molar-refractivity contribution is 5.77. The SMILES string of the molecule is COc1ccc(-c2cc(C)c3cccc-3c(C)c2)cc1. The van der Waals surface area contributed by atoms with Crippen molar-refractivity contribution in [2.24, 2.45) is 0 Å². The molecule has 1 heteroatoms. The zero-order valence-electron chi connectivity index (χ0n) is 12.1. The van der Waals surface area contributed by atoms with E-state index in [0.717, 1.165) is 5.75 Å². The lowest BCUT2D eigenvalue weighted by atomic mass is 10.1. The van der Waals surface area contributed by atoms with E-state index in [1.54, 1.807) is 7.11 Å². The van der Waals surface area contributed by atoms with E-state index in [1.807, 2.05) is 12.1 Å². The van der Waals surface area contributed by atoms with E-state index >= 15 is 0 Å². The Hall–Kier alpha value is -2.28. The van der Waals surface area contributed by atoms with Crippen molar-refractivity contribution < 1.29 is 4.74 Å². The lowest BCUT2D eigenvalue weighted by Crippen LogP contribution is -1.82. The molecule has 0 saturated heterocycles. The van der Waals surface area contributed by atoms with Gasteiger partial charge in [-0.25, -0.2) is 0 Å². The largest absolute Gasteiger partial charge is 0.497 e. The Morgan fingerprint density at radius 3 is 1.75 bits per heavy atom. The Bertz CT molecular complexity index is 674. The van der Waals surface area contributed by atoms with Gasteiger partial charge in [-0.05, 0) is 59.4 Å². The van der Waals surface area contributed by atoms with E-state index in [-0.39, 0.29) is 0 Å². The Kier molecular flexibility index (Phi) is 3.19. The van der Waals surface area contributed by atoms with Crippen LogP contribution in [-0.4, -0.2) is 7.11 Å². The maximum atomic E-state index is 5.22. The number of benzene rings is 1. The molecule has 0 unspecified atom stereocenters. The van der Waals surface area contributed by atoms with Crippen molar-refractivity contribution >= 4 is 0 Å². The van der Waals surface area contributed by atoms with Gasteiger partial charge in [-0.2, -0.15) is 0 Å². The van der Waals surface area contributed by atoms with Gasteiger partial charge >= 0.3 is 0 Å². The predicted octanol–water partition coefficient (Wildman–Crippen LogP) is 5.08. The van der Waals surface area contributed by atoms with E-state index in [1.165, 1.54) is 33.4 Å². The summed E-state index contributed by atoms with van der Waals surface area (Å²) in [4.78, 5) is 0. The normalized spacial score (nSPS) is 10.8. The summed E-state index contributed by atoms with van der Waals surface area (Å²) in [6.07, 6.45) is 0. The molecule has 0 aromatic heterocycles. The summed E-state index contributed by atoms with van der Waals surface area (Å²) < 4.78 is 5.22. The van der Waals surface area contributed by atoms with Gasteiger partial charge in [0.1, 0.15) is 5.75 Å². The monoisotopic (exact) mass is 262 g/mol. The third-order valence-electron chi connectivity index (χ3n) is 3.83. The molecule has 0 aliphatic heterocycles. The van der Waals surface area contributed by atoms with Crippen molar-refractivity contribution in [2.45, 2.75) is 13.8 Å².